The van der Waals surface area contributed by atoms with Gasteiger partial charge >= 0.3 is 0 Å². The van der Waals surface area contributed by atoms with Crippen LogP contribution in [-0.4, -0.2) is 43.2 Å². The molecule has 0 aromatic carbocycles. The summed E-state index contributed by atoms with van der Waals surface area (Å²) >= 11 is 5.62. The molecule has 0 unspecified atom stereocenters. The van der Waals surface area contributed by atoms with E-state index in [0.29, 0.717) is 0 Å². The zero-order valence-corrected chi connectivity index (χ0v) is 11.4. The number of H-pyrrole nitrogens is 1. The molecule has 1 aliphatic rings. The van der Waals surface area contributed by atoms with Crippen molar-refractivity contribution in [2.24, 2.45) is 0 Å². The van der Waals surface area contributed by atoms with Crippen molar-refractivity contribution in [3.05, 3.63) is 27.6 Å². The third-order valence-electron chi connectivity index (χ3n) is 2.74. The Morgan fingerprint density at radius 1 is 1.26 bits per heavy atom. The Kier molecular flexibility index (Phi) is 3.93. The van der Waals surface area contributed by atoms with Crippen LogP contribution in [0.25, 0.3) is 0 Å². The lowest BCUT2D eigenvalue weighted by Gasteiger charge is -2.18. The first-order chi connectivity index (χ1) is 8.91. The summed E-state index contributed by atoms with van der Waals surface area (Å²) in [6.07, 6.45) is 1.21. The smallest absolute Gasteiger partial charge is 0.266 e. The number of amides is 1. The molecule has 2 heterocycles. The van der Waals surface area contributed by atoms with Crippen LogP contribution < -0.4 is 10.9 Å². The molecule has 0 atom stereocenters. The van der Waals surface area contributed by atoms with E-state index in [1.54, 1.807) is 0 Å². The summed E-state index contributed by atoms with van der Waals surface area (Å²) in [5, 5.41) is 2.40. The van der Waals surface area contributed by atoms with Crippen molar-refractivity contribution in [3.8, 4) is 0 Å². The number of carbonyl (C=O) groups excluding carboxylic acids is 1. The lowest BCUT2D eigenvalue weighted by atomic mass is 10.4. The Morgan fingerprint density at radius 3 is 2.68 bits per heavy atom. The van der Waals surface area contributed by atoms with Crippen molar-refractivity contribution in [2.75, 3.05) is 19.6 Å². The van der Waals surface area contributed by atoms with Gasteiger partial charge in [-0.25, -0.2) is 8.42 Å². The van der Waals surface area contributed by atoms with Gasteiger partial charge in [0.2, 0.25) is 15.9 Å². The molecule has 1 fully saturated rings. The van der Waals surface area contributed by atoms with Gasteiger partial charge in [-0.05, 0) is 6.07 Å². The molecule has 1 aliphatic heterocycles. The molecule has 9 heteroatoms. The van der Waals surface area contributed by atoms with Crippen LogP contribution in [0, 0.1) is 0 Å². The normalized spacial score (nSPS) is 17.8. The molecule has 7 nitrogen and oxygen atoms in total. The summed E-state index contributed by atoms with van der Waals surface area (Å²) < 4.78 is 25.8. The van der Waals surface area contributed by atoms with Gasteiger partial charge in [-0.1, -0.05) is 11.6 Å². The molecule has 19 heavy (non-hydrogen) atoms. The fraction of sp³-hybridized carbons (Fsp3) is 0.400. The predicted octanol–water partition coefficient (Wildman–Crippen LogP) is -0.461. The maximum atomic E-state index is 12.3. The number of hydrogen-bond acceptors (Lipinski definition) is 4. The van der Waals surface area contributed by atoms with E-state index >= 15 is 0 Å². The fourth-order valence-corrected chi connectivity index (χ4v) is 3.40. The predicted molar refractivity (Wildman–Crippen MR) is 68.5 cm³/mol. The van der Waals surface area contributed by atoms with Gasteiger partial charge in [0.1, 0.15) is 5.02 Å². The molecule has 2 rings (SSSR count). The second-order valence-electron chi connectivity index (χ2n) is 4.02. The van der Waals surface area contributed by atoms with Crippen LogP contribution in [0.3, 0.4) is 0 Å². The number of rotatable bonds is 2. The zero-order valence-electron chi connectivity index (χ0n) is 9.85. The van der Waals surface area contributed by atoms with Crippen LogP contribution in [0.1, 0.15) is 6.42 Å². The Morgan fingerprint density at radius 2 is 2.00 bits per heavy atom. The molecule has 2 N–H and O–H groups in total. The third-order valence-corrected chi connectivity index (χ3v) is 4.90. The highest BCUT2D eigenvalue weighted by molar-refractivity contribution is 7.89. The molecular weight excluding hydrogens is 294 g/mol. The van der Waals surface area contributed by atoms with E-state index in [0.717, 1.165) is 12.3 Å². The van der Waals surface area contributed by atoms with Crippen LogP contribution in [-0.2, 0) is 14.8 Å². The van der Waals surface area contributed by atoms with E-state index < -0.39 is 15.6 Å². The van der Waals surface area contributed by atoms with Crippen molar-refractivity contribution in [2.45, 2.75) is 11.3 Å². The van der Waals surface area contributed by atoms with Crippen LogP contribution in [0.4, 0.5) is 0 Å². The van der Waals surface area contributed by atoms with Gasteiger partial charge in [0.15, 0.2) is 0 Å². The number of hydrogen-bond donors (Lipinski definition) is 2. The van der Waals surface area contributed by atoms with E-state index in [9.17, 15) is 18.0 Å². The van der Waals surface area contributed by atoms with Crippen molar-refractivity contribution < 1.29 is 13.2 Å². The molecule has 1 saturated heterocycles. The second-order valence-corrected chi connectivity index (χ2v) is 6.36. The average Bonchev–Trinajstić information content (AvgIpc) is 2.57. The molecule has 0 aliphatic carbocycles. The largest absolute Gasteiger partial charge is 0.355 e. The number of nitrogens with zero attached hydrogens (tertiary/aromatic N) is 1. The molecular formula is C10H12ClN3O4S. The van der Waals surface area contributed by atoms with Crippen LogP contribution in [0.15, 0.2) is 22.0 Å². The van der Waals surface area contributed by atoms with Gasteiger partial charge in [-0.15, -0.1) is 0 Å². The SMILES string of the molecule is O=C1CCN(S(=O)(=O)c2c[nH]c(=O)c(Cl)c2)CCN1. The van der Waals surface area contributed by atoms with Crippen LogP contribution in [0.5, 0.6) is 0 Å². The van der Waals surface area contributed by atoms with Crippen LogP contribution in [0.2, 0.25) is 5.02 Å². The Balaban J connectivity index is 2.33. The van der Waals surface area contributed by atoms with Crippen LogP contribution >= 0.6 is 11.6 Å². The summed E-state index contributed by atoms with van der Waals surface area (Å²) in [6, 6.07) is 1.11. The quantitative estimate of drug-likeness (QED) is 0.772. The minimum atomic E-state index is -3.76. The molecule has 0 spiro atoms. The standard InChI is InChI=1S/C10H12ClN3O4S/c11-8-5-7(6-13-10(8)16)19(17,18)14-3-1-9(15)12-2-4-14/h5-6H,1-4H2,(H,12,15)(H,13,16). The van der Waals surface area contributed by atoms with E-state index in [2.05, 4.69) is 10.3 Å². The molecule has 104 valence electrons. The van der Waals surface area contributed by atoms with E-state index in [1.165, 1.54) is 4.31 Å². The van der Waals surface area contributed by atoms with Crippen molar-refractivity contribution >= 4 is 27.5 Å². The van der Waals surface area contributed by atoms with Gasteiger partial charge in [-0.2, -0.15) is 4.31 Å². The Hall–Kier alpha value is -1.38. The number of aromatic amines is 1. The van der Waals surface area contributed by atoms with E-state index in [4.69, 9.17) is 11.6 Å². The van der Waals surface area contributed by atoms with Crippen molar-refractivity contribution in [1.29, 1.82) is 0 Å². The van der Waals surface area contributed by atoms with Crippen molar-refractivity contribution in [3.63, 3.8) is 0 Å². The van der Waals surface area contributed by atoms with Gasteiger partial charge in [0, 0.05) is 32.3 Å². The monoisotopic (exact) mass is 305 g/mol. The first-order valence-electron chi connectivity index (χ1n) is 5.56. The first-order valence-corrected chi connectivity index (χ1v) is 7.38. The number of sulfonamides is 1. The molecule has 1 aromatic rings. The third kappa shape index (κ3) is 2.96. The van der Waals surface area contributed by atoms with Crippen molar-refractivity contribution in [1.82, 2.24) is 14.6 Å². The molecule has 1 amide bonds. The minimum absolute atomic E-state index is 0.0913. The molecule has 1 aromatic heterocycles. The Bertz CT molecular complexity index is 655. The molecule has 0 bridgehead atoms. The lowest BCUT2D eigenvalue weighted by Crippen LogP contribution is -2.34. The number of pyridine rings is 1. The zero-order chi connectivity index (χ0) is 14.0. The highest BCUT2D eigenvalue weighted by Gasteiger charge is 2.27. The van der Waals surface area contributed by atoms with Gasteiger partial charge in [-0.3, -0.25) is 9.59 Å². The van der Waals surface area contributed by atoms with Gasteiger partial charge in [0.25, 0.3) is 5.56 Å². The fourth-order valence-electron chi connectivity index (χ4n) is 1.72. The summed E-state index contributed by atoms with van der Waals surface area (Å²) in [4.78, 5) is 24.5. The first kappa shape index (κ1) is 14.0. The maximum Gasteiger partial charge on any atom is 0.266 e. The highest BCUT2D eigenvalue weighted by Crippen LogP contribution is 2.17. The maximum absolute atomic E-state index is 12.3. The summed E-state index contributed by atoms with van der Waals surface area (Å²) in [7, 11) is -3.76. The summed E-state index contributed by atoms with van der Waals surface area (Å²) in [6.45, 7) is 0.547. The lowest BCUT2D eigenvalue weighted by molar-refractivity contribution is -0.120. The average molecular weight is 306 g/mol. The van der Waals surface area contributed by atoms with Gasteiger partial charge < -0.3 is 10.3 Å². The number of nitrogens with one attached hydrogen (secondary N) is 2. The number of aromatic nitrogens is 1. The molecule has 0 saturated carbocycles. The molecule has 0 radical (unpaired) electrons. The number of halogens is 1. The van der Waals surface area contributed by atoms with Gasteiger partial charge in [0.05, 0.1) is 4.90 Å². The second kappa shape index (κ2) is 5.32. The minimum Gasteiger partial charge on any atom is -0.355 e. The Labute approximate surface area is 114 Å². The summed E-state index contributed by atoms with van der Waals surface area (Å²) in [5.74, 6) is -0.183. The topological polar surface area (TPSA) is 99.3 Å². The van der Waals surface area contributed by atoms with E-state index in [1.807, 2.05) is 0 Å². The number of carbonyl (C=O) groups is 1. The van der Waals surface area contributed by atoms with E-state index in [-0.39, 0.29) is 41.9 Å². The highest BCUT2D eigenvalue weighted by atomic mass is 35.5. The summed E-state index contributed by atoms with van der Waals surface area (Å²) in [5.41, 5.74) is -0.548.